The molecule has 1 aliphatic carbocycles. The maximum absolute atomic E-state index is 13.4. The van der Waals surface area contributed by atoms with Gasteiger partial charge in [-0.05, 0) is 73.2 Å². The van der Waals surface area contributed by atoms with Gasteiger partial charge in [0.2, 0.25) is 0 Å². The zero-order valence-corrected chi connectivity index (χ0v) is 20.1. The van der Waals surface area contributed by atoms with Crippen LogP contribution in [-0.2, 0) is 12.8 Å². The number of nitrogens with one attached hydrogen (secondary N) is 1. The monoisotopic (exact) mass is 464 g/mol. The summed E-state index contributed by atoms with van der Waals surface area (Å²) in [7, 11) is 4.87. The molecule has 0 unspecified atom stereocenters. The summed E-state index contributed by atoms with van der Waals surface area (Å²) in [6, 6.07) is 12.9. The van der Waals surface area contributed by atoms with Gasteiger partial charge < -0.3 is 19.5 Å². The molecule has 172 valence electrons. The fourth-order valence-electron chi connectivity index (χ4n) is 4.00. The Labute approximate surface area is 198 Å². The highest BCUT2D eigenvalue weighted by Gasteiger charge is 2.27. The van der Waals surface area contributed by atoms with Gasteiger partial charge in [-0.2, -0.15) is 0 Å². The van der Waals surface area contributed by atoms with Crippen molar-refractivity contribution >= 4 is 34.1 Å². The van der Waals surface area contributed by atoms with Crippen molar-refractivity contribution in [2.24, 2.45) is 10.9 Å². The molecule has 0 aliphatic heterocycles. The Bertz CT molecular complexity index is 1170. The summed E-state index contributed by atoms with van der Waals surface area (Å²) >= 11 is 1.60. The van der Waals surface area contributed by atoms with Crippen molar-refractivity contribution in [2.75, 3.05) is 26.6 Å². The number of thiophene rings is 1. The van der Waals surface area contributed by atoms with Gasteiger partial charge in [0, 0.05) is 22.3 Å². The van der Waals surface area contributed by atoms with Crippen LogP contribution in [0.1, 0.15) is 39.7 Å². The molecule has 0 radical (unpaired) electrons. The van der Waals surface area contributed by atoms with Crippen LogP contribution < -0.4 is 19.5 Å². The van der Waals surface area contributed by atoms with Gasteiger partial charge in [0.15, 0.2) is 0 Å². The van der Waals surface area contributed by atoms with Crippen molar-refractivity contribution in [3.8, 4) is 17.2 Å². The van der Waals surface area contributed by atoms with E-state index < -0.39 is 0 Å². The van der Waals surface area contributed by atoms with E-state index in [9.17, 15) is 4.79 Å². The van der Waals surface area contributed by atoms with Gasteiger partial charge in [-0.1, -0.05) is 6.92 Å². The molecule has 33 heavy (non-hydrogen) atoms. The first-order valence-electron chi connectivity index (χ1n) is 10.9. The lowest BCUT2D eigenvalue weighted by molar-refractivity contribution is 0.102. The first kappa shape index (κ1) is 22.9. The third-order valence-electron chi connectivity index (χ3n) is 5.83. The molecule has 0 saturated carbocycles. The third kappa shape index (κ3) is 5.03. The molecule has 3 aromatic rings. The lowest BCUT2D eigenvalue weighted by atomic mass is 9.88. The summed E-state index contributed by atoms with van der Waals surface area (Å²) in [6.45, 7) is 2.25. The van der Waals surface area contributed by atoms with E-state index in [1.54, 1.807) is 38.9 Å². The zero-order chi connectivity index (χ0) is 23.4. The summed E-state index contributed by atoms with van der Waals surface area (Å²) < 4.78 is 16.0. The van der Waals surface area contributed by atoms with Gasteiger partial charge in [0.1, 0.15) is 22.2 Å². The van der Waals surface area contributed by atoms with Crippen LogP contribution in [0.25, 0.3) is 0 Å². The molecule has 1 heterocycles. The quantitative estimate of drug-likeness (QED) is 0.442. The van der Waals surface area contributed by atoms with Crippen molar-refractivity contribution < 1.29 is 19.0 Å². The minimum atomic E-state index is -0.142. The van der Waals surface area contributed by atoms with E-state index >= 15 is 0 Å². The van der Waals surface area contributed by atoms with Crippen molar-refractivity contribution in [1.82, 2.24) is 0 Å². The third-order valence-corrected chi connectivity index (χ3v) is 6.99. The SMILES string of the molecule is COc1ccc(NC(=O)c2c(N=Cc3cc(OC)ccc3OC)sc3c2CC[C@@H](C)C3)cc1. The molecular formula is C26H28N2O4S. The smallest absolute Gasteiger partial charge is 0.259 e. The molecule has 1 amide bonds. The largest absolute Gasteiger partial charge is 0.497 e. The fourth-order valence-corrected chi connectivity index (χ4v) is 5.35. The van der Waals surface area contributed by atoms with Crippen molar-refractivity contribution in [2.45, 2.75) is 26.2 Å². The van der Waals surface area contributed by atoms with Crippen LogP contribution in [0.4, 0.5) is 10.7 Å². The molecule has 6 nitrogen and oxygen atoms in total. The lowest BCUT2D eigenvalue weighted by Crippen LogP contribution is -2.16. The van der Waals surface area contributed by atoms with E-state index in [0.717, 1.165) is 36.1 Å². The number of carbonyl (C=O) groups is 1. The molecule has 0 spiro atoms. The Hall–Kier alpha value is -3.32. The molecule has 0 fully saturated rings. The number of amides is 1. The minimum Gasteiger partial charge on any atom is -0.497 e. The van der Waals surface area contributed by atoms with Crippen LogP contribution in [0.15, 0.2) is 47.5 Å². The summed E-state index contributed by atoms with van der Waals surface area (Å²) in [6.07, 6.45) is 4.67. The van der Waals surface area contributed by atoms with Crippen LogP contribution in [0, 0.1) is 5.92 Å². The molecule has 0 bridgehead atoms. The zero-order valence-electron chi connectivity index (χ0n) is 19.3. The van der Waals surface area contributed by atoms with E-state index in [1.165, 1.54) is 4.88 Å². The van der Waals surface area contributed by atoms with Gasteiger partial charge >= 0.3 is 0 Å². The highest BCUT2D eigenvalue weighted by Crippen LogP contribution is 2.41. The second kappa shape index (κ2) is 10.1. The highest BCUT2D eigenvalue weighted by atomic mass is 32.1. The van der Waals surface area contributed by atoms with E-state index in [2.05, 4.69) is 12.2 Å². The number of aliphatic imine (C=N–C) groups is 1. The number of nitrogens with zero attached hydrogens (tertiary/aromatic N) is 1. The maximum Gasteiger partial charge on any atom is 0.259 e. The Kier molecular flexibility index (Phi) is 6.99. The number of rotatable bonds is 7. The number of fused-ring (bicyclic) bond motifs is 1. The number of carbonyl (C=O) groups excluding carboxylic acids is 1. The maximum atomic E-state index is 13.4. The minimum absolute atomic E-state index is 0.142. The van der Waals surface area contributed by atoms with Crippen molar-refractivity contribution in [3.05, 3.63) is 64.0 Å². The predicted molar refractivity (Wildman–Crippen MR) is 133 cm³/mol. The molecule has 1 atom stereocenters. The standard InChI is InChI=1S/C26H28N2O4S/c1-16-5-11-21-23(13-16)33-26(27-15-17-14-20(31-3)10-12-22(17)32-4)24(21)25(29)28-18-6-8-19(30-2)9-7-18/h6-10,12,14-16H,5,11,13H2,1-4H3,(H,28,29)/t16-/m1/s1. The summed E-state index contributed by atoms with van der Waals surface area (Å²) in [5.74, 6) is 2.61. The summed E-state index contributed by atoms with van der Waals surface area (Å²) in [5, 5.41) is 3.74. The van der Waals surface area contributed by atoms with Crippen LogP contribution in [0.5, 0.6) is 17.2 Å². The molecule has 1 aromatic heterocycles. The van der Waals surface area contributed by atoms with E-state index in [-0.39, 0.29) is 5.91 Å². The second-order valence-corrected chi connectivity index (χ2v) is 9.16. The van der Waals surface area contributed by atoms with E-state index in [4.69, 9.17) is 19.2 Å². The van der Waals surface area contributed by atoms with Gasteiger partial charge in [-0.15, -0.1) is 11.3 Å². The molecule has 4 rings (SSSR count). The molecule has 1 aliphatic rings. The first-order valence-corrected chi connectivity index (χ1v) is 11.7. The second-order valence-electron chi connectivity index (χ2n) is 8.08. The molecule has 7 heteroatoms. The van der Waals surface area contributed by atoms with Gasteiger partial charge in [-0.3, -0.25) is 4.79 Å². The Morgan fingerprint density at radius 1 is 1.06 bits per heavy atom. The molecule has 1 N–H and O–H groups in total. The number of methoxy groups -OCH3 is 3. The number of anilines is 1. The topological polar surface area (TPSA) is 69.2 Å². The summed E-state index contributed by atoms with van der Waals surface area (Å²) in [4.78, 5) is 19.4. The molecule has 2 aromatic carbocycles. The van der Waals surface area contributed by atoms with Crippen molar-refractivity contribution in [1.29, 1.82) is 0 Å². The fraction of sp³-hybridized carbons (Fsp3) is 0.308. The van der Waals surface area contributed by atoms with Crippen LogP contribution in [-0.4, -0.2) is 33.5 Å². The van der Waals surface area contributed by atoms with Crippen LogP contribution in [0.2, 0.25) is 0 Å². The van der Waals surface area contributed by atoms with E-state index in [1.807, 2.05) is 42.5 Å². The van der Waals surface area contributed by atoms with Crippen LogP contribution >= 0.6 is 11.3 Å². The Morgan fingerprint density at radius 3 is 2.48 bits per heavy atom. The number of hydrogen-bond acceptors (Lipinski definition) is 6. The Morgan fingerprint density at radius 2 is 1.79 bits per heavy atom. The van der Waals surface area contributed by atoms with Gasteiger partial charge in [-0.25, -0.2) is 4.99 Å². The highest BCUT2D eigenvalue weighted by molar-refractivity contribution is 7.16. The predicted octanol–water partition coefficient (Wildman–Crippen LogP) is 5.90. The summed E-state index contributed by atoms with van der Waals surface area (Å²) in [5.41, 5.74) is 3.29. The average molecular weight is 465 g/mol. The number of benzene rings is 2. The van der Waals surface area contributed by atoms with Gasteiger partial charge in [0.25, 0.3) is 5.91 Å². The van der Waals surface area contributed by atoms with Crippen molar-refractivity contribution in [3.63, 3.8) is 0 Å². The van der Waals surface area contributed by atoms with Crippen LogP contribution in [0.3, 0.4) is 0 Å². The first-order chi connectivity index (χ1) is 16.0. The molecule has 0 saturated heterocycles. The average Bonchev–Trinajstić information content (AvgIpc) is 3.20. The molecular weight excluding hydrogens is 436 g/mol. The number of ether oxygens (including phenoxy) is 3. The van der Waals surface area contributed by atoms with E-state index in [0.29, 0.717) is 33.7 Å². The lowest BCUT2D eigenvalue weighted by Gasteiger charge is -2.18. The van der Waals surface area contributed by atoms with Gasteiger partial charge in [0.05, 0.1) is 26.9 Å². The number of hydrogen-bond donors (Lipinski definition) is 1. The Balaban J connectivity index is 1.69. The normalized spacial score (nSPS) is 15.2.